The molecule has 0 aliphatic carbocycles. The van der Waals surface area contributed by atoms with Crippen LogP contribution in [0.25, 0.3) is 60.9 Å². The molecule has 0 saturated heterocycles. The summed E-state index contributed by atoms with van der Waals surface area (Å²) in [5.74, 6) is 0. The molecule has 14 aromatic carbocycles. The number of hydrogen-bond acceptors (Lipinski definition) is 1. The van der Waals surface area contributed by atoms with Crippen LogP contribution in [0, 0.1) is 0 Å². The number of nitrogens with zero attached hydrogens (tertiary/aromatic N) is 2. The molecule has 0 radical (unpaired) electrons. The zero-order valence-electron chi connectivity index (χ0n) is 48.7. The van der Waals surface area contributed by atoms with Crippen molar-refractivity contribution in [3.05, 3.63) is 376 Å². The van der Waals surface area contributed by atoms with E-state index in [1.54, 1.807) is 0 Å². The lowest BCUT2D eigenvalue weighted by molar-refractivity contribution is 1.18. The number of anilines is 3. The zero-order valence-corrected chi connectivity index (χ0v) is 50.7. The fourth-order valence-corrected chi connectivity index (χ4v) is 23.3. The summed E-state index contributed by atoms with van der Waals surface area (Å²) in [7, 11) is -5.33. The summed E-state index contributed by atoms with van der Waals surface area (Å²) in [6, 6.07) is 139. The number of fused-ring (bicyclic) bond motifs is 3. The van der Waals surface area contributed by atoms with E-state index in [0.717, 1.165) is 28.3 Å². The molecule has 15 aromatic rings. The lowest BCUT2D eigenvalue weighted by Crippen LogP contribution is -2.74. The Labute approximate surface area is 517 Å². The van der Waals surface area contributed by atoms with E-state index in [-0.39, 0.29) is 0 Å². The smallest absolute Gasteiger partial charge is 0.179 e. The Hall–Kier alpha value is -10.9. The van der Waals surface area contributed by atoms with Gasteiger partial charge in [-0.1, -0.05) is 309 Å². The highest BCUT2D eigenvalue weighted by atomic mass is 28.3. The van der Waals surface area contributed by atoms with Gasteiger partial charge in [-0.15, -0.1) is 0 Å². The first kappa shape index (κ1) is 53.8. The van der Waals surface area contributed by atoms with Crippen molar-refractivity contribution in [3.63, 3.8) is 0 Å². The molecule has 0 amide bonds. The Morgan fingerprint density at radius 1 is 0.193 bits per heavy atom. The Bertz CT molecular complexity index is 4410. The standard InChI is InChI=1S/C84H62N2Si2/c1-8-24-69(25-9-1)86-83-39-23-22-38-81(83)82-62-68(50-61-84(82)86)67-44-55-72(56-45-67)85(70-51-40-63(41-52-70)65-46-57-79(58-47-65)87(73-26-10-2-11-27-73,74-28-12-3-13-29-74)75-30-14-4-15-31-75)71-53-42-64(43-54-71)66-48-59-80(60-49-66)88(76-32-16-5-17-33-76,77-34-18-6-19-35-77)78-36-20-7-21-37-78/h1-62H. The monoisotopic (exact) mass is 1150 g/mol. The van der Waals surface area contributed by atoms with E-state index in [1.807, 2.05) is 0 Å². The molecular weight excluding hydrogens is 1090 g/mol. The van der Waals surface area contributed by atoms with Gasteiger partial charge in [0.15, 0.2) is 16.1 Å². The van der Waals surface area contributed by atoms with Gasteiger partial charge in [0, 0.05) is 33.5 Å². The molecule has 4 heteroatoms. The number of para-hydroxylation sites is 2. The van der Waals surface area contributed by atoms with Gasteiger partial charge < -0.3 is 9.47 Å². The molecule has 0 unspecified atom stereocenters. The number of hydrogen-bond donors (Lipinski definition) is 0. The van der Waals surface area contributed by atoms with Crippen LogP contribution in [0.5, 0.6) is 0 Å². The van der Waals surface area contributed by atoms with Crippen molar-refractivity contribution in [3.8, 4) is 39.1 Å². The van der Waals surface area contributed by atoms with Gasteiger partial charge in [-0.3, -0.25) is 0 Å². The van der Waals surface area contributed by atoms with E-state index in [0.29, 0.717) is 0 Å². The minimum absolute atomic E-state index is 1.08. The normalized spacial score (nSPS) is 11.6. The molecular formula is C84H62N2Si2. The summed E-state index contributed by atoms with van der Waals surface area (Å²) in [4.78, 5) is 2.39. The summed E-state index contributed by atoms with van der Waals surface area (Å²) >= 11 is 0. The van der Waals surface area contributed by atoms with E-state index >= 15 is 0 Å². The largest absolute Gasteiger partial charge is 0.311 e. The highest BCUT2D eigenvalue weighted by molar-refractivity contribution is 7.20. The van der Waals surface area contributed by atoms with E-state index in [1.165, 1.54) is 91.1 Å². The van der Waals surface area contributed by atoms with Gasteiger partial charge in [0.05, 0.1) is 11.0 Å². The number of aromatic nitrogens is 1. The first-order valence-electron chi connectivity index (χ1n) is 30.4. The molecule has 1 aromatic heterocycles. The average Bonchev–Trinajstić information content (AvgIpc) is 1.28. The van der Waals surface area contributed by atoms with Gasteiger partial charge in [0.25, 0.3) is 0 Å². The molecule has 0 aliphatic heterocycles. The van der Waals surface area contributed by atoms with Crippen LogP contribution in [-0.4, -0.2) is 20.7 Å². The van der Waals surface area contributed by atoms with E-state index in [4.69, 9.17) is 0 Å². The fraction of sp³-hybridized carbons (Fsp3) is 0. The summed E-state index contributed by atoms with van der Waals surface area (Å²) < 4.78 is 2.38. The van der Waals surface area contributed by atoms with Crippen molar-refractivity contribution >= 4 is 96.5 Å². The van der Waals surface area contributed by atoms with E-state index < -0.39 is 16.1 Å². The number of benzene rings is 14. The Morgan fingerprint density at radius 3 is 0.784 bits per heavy atom. The van der Waals surface area contributed by atoms with Crippen LogP contribution in [0.3, 0.4) is 0 Å². The highest BCUT2D eigenvalue weighted by Gasteiger charge is 2.42. The molecule has 0 N–H and O–H groups in total. The molecule has 0 saturated carbocycles. The van der Waals surface area contributed by atoms with Crippen molar-refractivity contribution in [1.82, 2.24) is 4.57 Å². The van der Waals surface area contributed by atoms with Crippen LogP contribution in [0.15, 0.2) is 376 Å². The van der Waals surface area contributed by atoms with Crippen molar-refractivity contribution in [1.29, 1.82) is 0 Å². The first-order chi connectivity index (χ1) is 43.6. The second-order valence-corrected chi connectivity index (χ2v) is 30.4. The summed E-state index contributed by atoms with van der Waals surface area (Å²) in [5.41, 5.74) is 13.8. The third-order valence-electron chi connectivity index (χ3n) is 17.9. The average molecular weight is 1160 g/mol. The topological polar surface area (TPSA) is 8.17 Å². The Morgan fingerprint density at radius 2 is 0.443 bits per heavy atom. The summed E-state index contributed by atoms with van der Waals surface area (Å²) in [6.07, 6.45) is 0. The van der Waals surface area contributed by atoms with Gasteiger partial charge in [0.1, 0.15) is 0 Å². The fourth-order valence-electron chi connectivity index (χ4n) is 13.8. The molecule has 416 valence electrons. The van der Waals surface area contributed by atoms with Crippen LogP contribution in [0.4, 0.5) is 17.1 Å². The van der Waals surface area contributed by atoms with E-state index in [9.17, 15) is 0 Å². The van der Waals surface area contributed by atoms with Gasteiger partial charge in [-0.25, -0.2) is 0 Å². The Balaban J connectivity index is 0.793. The second-order valence-electron chi connectivity index (χ2n) is 22.7. The maximum Gasteiger partial charge on any atom is 0.179 e. The van der Waals surface area contributed by atoms with Gasteiger partial charge >= 0.3 is 0 Å². The maximum atomic E-state index is 2.39. The molecule has 0 fully saturated rings. The molecule has 15 rings (SSSR count). The highest BCUT2D eigenvalue weighted by Crippen LogP contribution is 2.40. The second kappa shape index (κ2) is 23.5. The number of rotatable bonds is 15. The minimum Gasteiger partial charge on any atom is -0.311 e. The van der Waals surface area contributed by atoms with Crippen LogP contribution >= 0.6 is 0 Å². The van der Waals surface area contributed by atoms with Crippen molar-refractivity contribution in [2.24, 2.45) is 0 Å². The minimum atomic E-state index is -2.67. The molecule has 88 heavy (non-hydrogen) atoms. The SMILES string of the molecule is c1ccc(-n2c3ccccc3c3cc(-c4ccc(N(c5ccc(-c6ccc([Si](c7ccccc7)(c7ccccc7)c7ccccc7)cc6)cc5)c5ccc(-c6ccc([Si](c7ccccc7)(c7ccccc7)c7ccccc7)cc6)cc5)cc4)ccc32)cc1. The van der Waals surface area contributed by atoms with Crippen molar-refractivity contribution in [2.45, 2.75) is 0 Å². The summed E-state index contributed by atoms with van der Waals surface area (Å²) in [6.45, 7) is 0. The molecule has 2 nitrogen and oxygen atoms in total. The maximum absolute atomic E-state index is 2.67. The third-order valence-corrected chi connectivity index (χ3v) is 27.5. The lowest BCUT2D eigenvalue weighted by atomic mass is 10.0. The van der Waals surface area contributed by atoms with Crippen LogP contribution in [0.1, 0.15) is 0 Å². The molecule has 0 atom stereocenters. The first-order valence-corrected chi connectivity index (χ1v) is 34.4. The lowest BCUT2D eigenvalue weighted by Gasteiger charge is -2.34. The zero-order chi connectivity index (χ0) is 58.7. The molecule has 0 aliphatic rings. The predicted molar refractivity (Wildman–Crippen MR) is 379 cm³/mol. The van der Waals surface area contributed by atoms with E-state index in [2.05, 4.69) is 386 Å². The van der Waals surface area contributed by atoms with Crippen molar-refractivity contribution in [2.75, 3.05) is 4.90 Å². The predicted octanol–water partition coefficient (Wildman–Crippen LogP) is 16.0. The van der Waals surface area contributed by atoms with Crippen LogP contribution in [0.2, 0.25) is 0 Å². The quantitative estimate of drug-likeness (QED) is 0.0734. The molecule has 1 heterocycles. The van der Waals surface area contributed by atoms with Crippen LogP contribution < -0.4 is 46.4 Å². The molecule has 0 bridgehead atoms. The summed E-state index contributed by atoms with van der Waals surface area (Å²) in [5, 5.41) is 13.4. The van der Waals surface area contributed by atoms with Gasteiger partial charge in [-0.05, 0) is 142 Å². The van der Waals surface area contributed by atoms with Gasteiger partial charge in [-0.2, -0.15) is 0 Å². The van der Waals surface area contributed by atoms with Crippen molar-refractivity contribution < 1.29 is 0 Å². The Kier molecular flexibility index (Phi) is 14.4. The van der Waals surface area contributed by atoms with Crippen LogP contribution in [-0.2, 0) is 0 Å². The third kappa shape index (κ3) is 9.62. The molecule has 0 spiro atoms. The van der Waals surface area contributed by atoms with Gasteiger partial charge in [0.2, 0.25) is 0 Å².